The number of hydrogen-bond donors (Lipinski definition) is 2. The summed E-state index contributed by atoms with van der Waals surface area (Å²) >= 11 is 0. The van der Waals surface area contributed by atoms with E-state index in [9.17, 15) is 13.5 Å². The minimum Gasteiger partial charge on any atom is -0.394 e. The van der Waals surface area contributed by atoms with E-state index in [1.807, 2.05) is 0 Å². The topological polar surface area (TPSA) is 69.6 Å². The zero-order valence-electron chi connectivity index (χ0n) is 12.5. The Balaban J connectivity index is 2.08. The van der Waals surface area contributed by atoms with Gasteiger partial charge >= 0.3 is 0 Å². The van der Waals surface area contributed by atoms with Gasteiger partial charge in [0.05, 0.1) is 12.1 Å². The maximum atomic E-state index is 12.6. The van der Waals surface area contributed by atoms with Gasteiger partial charge in [-0.1, -0.05) is 32.6 Å². The molecule has 0 radical (unpaired) electrons. The lowest BCUT2D eigenvalue weighted by molar-refractivity contribution is 0.118. The number of nitrogens with one attached hydrogen (secondary N) is 1. The molecule has 0 spiro atoms. The average molecular weight is 304 g/mol. The van der Waals surface area contributed by atoms with Gasteiger partial charge in [0.15, 0.2) is 0 Å². The van der Waals surface area contributed by atoms with Gasteiger partial charge in [-0.05, 0) is 31.6 Å². The van der Waals surface area contributed by atoms with Gasteiger partial charge in [0.2, 0.25) is 0 Å². The van der Waals surface area contributed by atoms with Crippen molar-refractivity contribution in [3.63, 3.8) is 0 Å². The predicted molar refractivity (Wildman–Crippen MR) is 79.5 cm³/mol. The van der Waals surface area contributed by atoms with Gasteiger partial charge in [-0.15, -0.1) is 0 Å². The lowest BCUT2D eigenvalue weighted by atomic mass is 9.78. The second-order valence-electron chi connectivity index (χ2n) is 6.56. The minimum absolute atomic E-state index is 0.107. The van der Waals surface area contributed by atoms with Crippen molar-refractivity contribution in [2.75, 3.05) is 19.7 Å². The number of aliphatic hydroxyl groups excluding tert-OH is 1. The maximum Gasteiger partial charge on any atom is 0.280 e. The van der Waals surface area contributed by atoms with Gasteiger partial charge in [-0.2, -0.15) is 17.4 Å². The molecule has 0 amide bonds. The van der Waals surface area contributed by atoms with Crippen molar-refractivity contribution in [3.8, 4) is 0 Å². The Morgan fingerprint density at radius 3 is 2.40 bits per heavy atom. The molecule has 118 valence electrons. The van der Waals surface area contributed by atoms with Gasteiger partial charge < -0.3 is 5.11 Å². The van der Waals surface area contributed by atoms with E-state index in [1.165, 1.54) is 0 Å². The molecule has 5 nitrogen and oxygen atoms in total. The molecule has 2 fully saturated rings. The van der Waals surface area contributed by atoms with E-state index in [0.29, 0.717) is 19.0 Å². The fourth-order valence-electron chi connectivity index (χ4n) is 3.55. The van der Waals surface area contributed by atoms with Crippen LogP contribution in [0.2, 0.25) is 0 Å². The molecule has 2 N–H and O–H groups in total. The SMILES string of the molecule is CC1CCCC(CO)(NS(=O)(=O)N2CCCCCC2)C1. The summed E-state index contributed by atoms with van der Waals surface area (Å²) in [6.07, 6.45) is 7.64. The number of nitrogens with zero attached hydrogens (tertiary/aromatic N) is 1. The van der Waals surface area contributed by atoms with Crippen molar-refractivity contribution < 1.29 is 13.5 Å². The van der Waals surface area contributed by atoms with Crippen LogP contribution in [0, 0.1) is 5.92 Å². The molecule has 2 unspecified atom stereocenters. The van der Waals surface area contributed by atoms with Crippen LogP contribution in [0.25, 0.3) is 0 Å². The van der Waals surface area contributed by atoms with Crippen LogP contribution in [0.15, 0.2) is 0 Å². The Hall–Kier alpha value is -0.170. The van der Waals surface area contributed by atoms with E-state index in [-0.39, 0.29) is 6.61 Å². The highest BCUT2D eigenvalue weighted by atomic mass is 32.2. The first kappa shape index (κ1) is 16.2. The average Bonchev–Trinajstić information content (AvgIpc) is 2.67. The Morgan fingerprint density at radius 2 is 1.85 bits per heavy atom. The van der Waals surface area contributed by atoms with Crippen molar-refractivity contribution >= 4 is 10.2 Å². The normalized spacial score (nSPS) is 33.8. The highest BCUT2D eigenvalue weighted by Gasteiger charge is 2.39. The second kappa shape index (κ2) is 6.73. The summed E-state index contributed by atoms with van der Waals surface area (Å²) in [4.78, 5) is 0. The van der Waals surface area contributed by atoms with Crippen molar-refractivity contribution in [1.29, 1.82) is 0 Å². The largest absolute Gasteiger partial charge is 0.394 e. The molecule has 0 aromatic carbocycles. The van der Waals surface area contributed by atoms with Crippen LogP contribution in [0.4, 0.5) is 0 Å². The summed E-state index contributed by atoms with van der Waals surface area (Å²) in [6.45, 7) is 3.23. The third kappa shape index (κ3) is 3.93. The van der Waals surface area contributed by atoms with E-state index >= 15 is 0 Å². The molecule has 1 aliphatic carbocycles. The predicted octanol–water partition coefficient (Wildman–Crippen LogP) is 1.64. The first-order chi connectivity index (χ1) is 9.47. The van der Waals surface area contributed by atoms with Crippen LogP contribution in [0.5, 0.6) is 0 Å². The smallest absolute Gasteiger partial charge is 0.280 e. The minimum atomic E-state index is -3.48. The quantitative estimate of drug-likeness (QED) is 0.829. The van der Waals surface area contributed by atoms with Gasteiger partial charge in [-0.25, -0.2) is 0 Å². The van der Waals surface area contributed by atoms with E-state index < -0.39 is 15.7 Å². The van der Waals surface area contributed by atoms with Crippen molar-refractivity contribution in [2.45, 2.75) is 63.8 Å². The molecule has 2 atom stereocenters. The monoisotopic (exact) mass is 304 g/mol. The lowest BCUT2D eigenvalue weighted by Gasteiger charge is -2.40. The van der Waals surface area contributed by atoms with E-state index in [2.05, 4.69) is 11.6 Å². The zero-order valence-corrected chi connectivity index (χ0v) is 13.3. The lowest BCUT2D eigenvalue weighted by Crippen LogP contribution is -2.57. The molecule has 1 saturated carbocycles. The second-order valence-corrected chi connectivity index (χ2v) is 8.23. The molecule has 0 aromatic heterocycles. The van der Waals surface area contributed by atoms with Gasteiger partial charge in [-0.3, -0.25) is 0 Å². The zero-order chi connectivity index (χ0) is 14.6. The van der Waals surface area contributed by atoms with E-state index in [4.69, 9.17) is 0 Å². The highest BCUT2D eigenvalue weighted by Crippen LogP contribution is 2.33. The highest BCUT2D eigenvalue weighted by molar-refractivity contribution is 7.87. The summed E-state index contributed by atoms with van der Waals surface area (Å²) in [6, 6.07) is 0. The molecule has 2 rings (SSSR count). The van der Waals surface area contributed by atoms with Crippen LogP contribution in [0.1, 0.15) is 58.3 Å². The van der Waals surface area contributed by atoms with Crippen LogP contribution in [-0.2, 0) is 10.2 Å². The number of aliphatic hydroxyl groups is 1. The first-order valence-corrected chi connectivity index (χ1v) is 9.31. The van der Waals surface area contributed by atoms with Crippen LogP contribution >= 0.6 is 0 Å². The standard InChI is InChI=1S/C14H28N2O3S/c1-13-7-6-8-14(11-13,12-17)15-20(18,19)16-9-4-2-3-5-10-16/h13,15,17H,2-12H2,1H3. The van der Waals surface area contributed by atoms with Crippen LogP contribution < -0.4 is 4.72 Å². The first-order valence-electron chi connectivity index (χ1n) is 7.87. The molecule has 0 aromatic rings. The molecule has 2 aliphatic rings. The van der Waals surface area contributed by atoms with Gasteiger partial charge in [0, 0.05) is 13.1 Å². The molecule has 1 aliphatic heterocycles. The van der Waals surface area contributed by atoms with Crippen molar-refractivity contribution in [1.82, 2.24) is 9.03 Å². The summed E-state index contributed by atoms with van der Waals surface area (Å²) in [5, 5.41) is 9.73. The Bertz CT molecular complexity index is 405. The van der Waals surface area contributed by atoms with Crippen molar-refractivity contribution in [2.24, 2.45) is 5.92 Å². The Morgan fingerprint density at radius 1 is 1.20 bits per heavy atom. The summed E-state index contributed by atoms with van der Waals surface area (Å²) in [7, 11) is -3.48. The molecule has 20 heavy (non-hydrogen) atoms. The summed E-state index contributed by atoms with van der Waals surface area (Å²) in [5.74, 6) is 0.461. The fourth-order valence-corrected chi connectivity index (χ4v) is 5.21. The fraction of sp³-hybridized carbons (Fsp3) is 1.00. The summed E-state index contributed by atoms with van der Waals surface area (Å²) in [5.41, 5.74) is -0.650. The van der Waals surface area contributed by atoms with Gasteiger partial charge in [0.1, 0.15) is 0 Å². The third-order valence-corrected chi connectivity index (χ3v) is 6.38. The van der Waals surface area contributed by atoms with E-state index in [1.54, 1.807) is 4.31 Å². The third-order valence-electron chi connectivity index (χ3n) is 4.64. The Kier molecular flexibility index (Phi) is 5.45. The molecule has 6 heteroatoms. The molecule has 0 bridgehead atoms. The molecule has 1 heterocycles. The molecular weight excluding hydrogens is 276 g/mol. The summed E-state index contributed by atoms with van der Waals surface area (Å²) < 4.78 is 29.6. The Labute approximate surface area is 122 Å². The van der Waals surface area contributed by atoms with E-state index in [0.717, 1.165) is 51.4 Å². The molecule has 1 saturated heterocycles. The maximum absolute atomic E-state index is 12.6. The molecular formula is C14H28N2O3S. The van der Waals surface area contributed by atoms with Crippen LogP contribution in [-0.4, -0.2) is 43.1 Å². The number of hydrogen-bond acceptors (Lipinski definition) is 3. The van der Waals surface area contributed by atoms with Crippen LogP contribution in [0.3, 0.4) is 0 Å². The van der Waals surface area contributed by atoms with Crippen molar-refractivity contribution in [3.05, 3.63) is 0 Å². The van der Waals surface area contributed by atoms with Gasteiger partial charge in [0.25, 0.3) is 10.2 Å². The number of rotatable bonds is 4.